The van der Waals surface area contributed by atoms with Crippen molar-refractivity contribution in [2.24, 2.45) is 11.7 Å². The lowest BCUT2D eigenvalue weighted by atomic mass is 9.90. The predicted molar refractivity (Wildman–Crippen MR) is 66.4 cm³/mol. The molecule has 1 aliphatic heterocycles. The maximum Gasteiger partial charge on any atom is 0.320 e. The van der Waals surface area contributed by atoms with E-state index in [4.69, 9.17) is 15.9 Å². The molecule has 7 heteroatoms. The molecule has 7 nitrogen and oxygen atoms in total. The van der Waals surface area contributed by atoms with Crippen LogP contribution in [0.15, 0.2) is 0 Å². The second-order valence-electron chi connectivity index (χ2n) is 4.90. The van der Waals surface area contributed by atoms with Crippen LogP contribution in [0.2, 0.25) is 0 Å². The molecular formula is C12H20N2O5. The van der Waals surface area contributed by atoms with Gasteiger partial charge in [0.15, 0.2) is 0 Å². The number of rotatable bonds is 6. The molecule has 108 valence electrons. The lowest BCUT2D eigenvalue weighted by molar-refractivity contribution is -0.141. The van der Waals surface area contributed by atoms with Crippen molar-refractivity contribution in [3.63, 3.8) is 0 Å². The maximum atomic E-state index is 11.7. The molecule has 0 saturated carbocycles. The van der Waals surface area contributed by atoms with Crippen molar-refractivity contribution in [1.29, 1.82) is 0 Å². The zero-order valence-corrected chi connectivity index (χ0v) is 10.7. The zero-order valence-electron chi connectivity index (χ0n) is 10.7. The van der Waals surface area contributed by atoms with Crippen LogP contribution in [0.3, 0.4) is 0 Å². The van der Waals surface area contributed by atoms with Gasteiger partial charge in [0.2, 0.25) is 5.91 Å². The van der Waals surface area contributed by atoms with Gasteiger partial charge in [-0.05, 0) is 25.2 Å². The maximum absolute atomic E-state index is 11.7. The first kappa shape index (κ1) is 15.4. The molecule has 0 bridgehead atoms. The average molecular weight is 272 g/mol. The third kappa shape index (κ3) is 5.25. The molecule has 0 aromatic carbocycles. The minimum atomic E-state index is -1.00. The number of hydrogen-bond donors (Lipinski definition) is 3. The van der Waals surface area contributed by atoms with E-state index < -0.39 is 18.0 Å². The number of carboxylic acids is 2. The van der Waals surface area contributed by atoms with E-state index in [2.05, 4.69) is 0 Å². The predicted octanol–water partition coefficient (Wildman–Crippen LogP) is -0.108. The van der Waals surface area contributed by atoms with Crippen molar-refractivity contribution in [1.82, 2.24) is 4.90 Å². The van der Waals surface area contributed by atoms with Gasteiger partial charge in [-0.25, -0.2) is 0 Å². The molecule has 1 aliphatic rings. The fraction of sp³-hybridized carbons (Fsp3) is 0.750. The van der Waals surface area contributed by atoms with Crippen LogP contribution in [-0.2, 0) is 14.4 Å². The van der Waals surface area contributed by atoms with Gasteiger partial charge >= 0.3 is 11.9 Å². The largest absolute Gasteiger partial charge is 0.481 e. The van der Waals surface area contributed by atoms with Crippen molar-refractivity contribution in [2.75, 3.05) is 13.1 Å². The highest BCUT2D eigenvalue weighted by atomic mass is 16.4. The first-order valence-corrected chi connectivity index (χ1v) is 6.38. The van der Waals surface area contributed by atoms with Crippen molar-refractivity contribution >= 4 is 17.8 Å². The summed E-state index contributed by atoms with van der Waals surface area (Å²) in [6.45, 7) is 1.10. The molecule has 0 aromatic heterocycles. The van der Waals surface area contributed by atoms with Gasteiger partial charge < -0.3 is 20.8 Å². The Morgan fingerprint density at radius 1 is 1.16 bits per heavy atom. The number of carbonyl (C=O) groups is 3. The van der Waals surface area contributed by atoms with Crippen molar-refractivity contribution in [2.45, 2.75) is 38.1 Å². The monoisotopic (exact) mass is 272 g/mol. The zero-order chi connectivity index (χ0) is 14.4. The summed E-state index contributed by atoms with van der Waals surface area (Å²) in [5.41, 5.74) is 5.48. The van der Waals surface area contributed by atoms with E-state index >= 15 is 0 Å². The number of nitrogens with zero attached hydrogens (tertiary/aromatic N) is 1. The van der Waals surface area contributed by atoms with E-state index in [9.17, 15) is 14.4 Å². The summed E-state index contributed by atoms with van der Waals surface area (Å²) in [5.74, 6) is -1.91. The minimum Gasteiger partial charge on any atom is -0.481 e. The molecule has 0 unspecified atom stereocenters. The summed E-state index contributed by atoms with van der Waals surface area (Å²) in [6, 6.07) is -0.848. The summed E-state index contributed by atoms with van der Waals surface area (Å²) in [5, 5.41) is 17.2. The number of nitrogens with two attached hydrogens (primary N) is 1. The fourth-order valence-electron chi connectivity index (χ4n) is 2.25. The Morgan fingerprint density at radius 3 is 2.21 bits per heavy atom. The van der Waals surface area contributed by atoms with Crippen LogP contribution < -0.4 is 5.73 Å². The van der Waals surface area contributed by atoms with Gasteiger partial charge in [0.25, 0.3) is 0 Å². The van der Waals surface area contributed by atoms with Crippen LogP contribution in [-0.4, -0.2) is 52.1 Å². The third-order valence-corrected chi connectivity index (χ3v) is 3.42. The van der Waals surface area contributed by atoms with Crippen LogP contribution in [0.4, 0.5) is 0 Å². The molecule has 0 spiro atoms. The van der Waals surface area contributed by atoms with Crippen LogP contribution in [0.25, 0.3) is 0 Å². The highest BCUT2D eigenvalue weighted by Crippen LogP contribution is 2.22. The number of likely N-dealkylation sites (tertiary alicyclic amines) is 1. The molecule has 1 atom stereocenters. The summed E-state index contributed by atoms with van der Waals surface area (Å²) in [6.07, 6.45) is 1.74. The van der Waals surface area contributed by atoms with E-state index in [0.717, 1.165) is 12.8 Å². The molecule has 1 rings (SSSR count). The third-order valence-electron chi connectivity index (χ3n) is 3.42. The molecule has 1 saturated heterocycles. The van der Waals surface area contributed by atoms with E-state index in [1.165, 1.54) is 0 Å². The van der Waals surface area contributed by atoms with E-state index in [1.807, 2.05) is 0 Å². The molecule has 4 N–H and O–H groups in total. The molecule has 1 heterocycles. The van der Waals surface area contributed by atoms with Gasteiger partial charge in [0.1, 0.15) is 6.04 Å². The normalized spacial score (nSPS) is 18.1. The topological polar surface area (TPSA) is 121 Å². The van der Waals surface area contributed by atoms with Gasteiger partial charge in [-0.1, -0.05) is 0 Å². The highest BCUT2D eigenvalue weighted by molar-refractivity contribution is 5.80. The van der Waals surface area contributed by atoms with Crippen LogP contribution in [0.1, 0.15) is 32.1 Å². The number of carbonyl (C=O) groups excluding carboxylic acids is 1. The molecule has 1 fully saturated rings. The summed E-state index contributed by atoms with van der Waals surface area (Å²) in [4.78, 5) is 34.4. The van der Waals surface area contributed by atoms with E-state index in [-0.39, 0.29) is 24.7 Å². The Bertz CT molecular complexity index is 350. The highest BCUT2D eigenvalue weighted by Gasteiger charge is 2.25. The molecular weight excluding hydrogens is 252 g/mol. The standard InChI is InChI=1S/C12H20N2O5/c13-9(12(18)19)7-8-3-5-14(6-4-8)10(15)1-2-11(16)17/h8-9H,1-7,13H2,(H,16,17)(H,18,19)/t9-/m0/s1. The van der Waals surface area contributed by atoms with Crippen molar-refractivity contribution in [3.8, 4) is 0 Å². The molecule has 0 aliphatic carbocycles. The van der Waals surface area contributed by atoms with E-state index in [0.29, 0.717) is 19.5 Å². The Balaban J connectivity index is 2.30. The fourth-order valence-corrected chi connectivity index (χ4v) is 2.25. The second-order valence-corrected chi connectivity index (χ2v) is 4.90. The minimum absolute atomic E-state index is 0.0225. The first-order chi connectivity index (χ1) is 8.90. The van der Waals surface area contributed by atoms with E-state index in [1.54, 1.807) is 4.90 Å². The number of amides is 1. The van der Waals surface area contributed by atoms with Crippen LogP contribution in [0, 0.1) is 5.92 Å². The number of piperidine rings is 1. The lowest BCUT2D eigenvalue weighted by Crippen LogP contribution is -2.41. The number of hydrogen-bond acceptors (Lipinski definition) is 4. The van der Waals surface area contributed by atoms with Crippen molar-refractivity contribution < 1.29 is 24.6 Å². The summed E-state index contributed by atoms with van der Waals surface area (Å²) < 4.78 is 0. The van der Waals surface area contributed by atoms with Gasteiger partial charge in [0.05, 0.1) is 6.42 Å². The van der Waals surface area contributed by atoms with Crippen LogP contribution in [0.5, 0.6) is 0 Å². The Hall–Kier alpha value is -1.63. The molecule has 1 amide bonds. The number of carboxylic acid groups (broad SMARTS) is 2. The quantitative estimate of drug-likeness (QED) is 0.620. The SMILES string of the molecule is N[C@@H](CC1CCN(C(=O)CCC(=O)O)CC1)C(=O)O. The van der Waals surface area contributed by atoms with Gasteiger partial charge in [-0.15, -0.1) is 0 Å². The van der Waals surface area contributed by atoms with Gasteiger partial charge in [-0.3, -0.25) is 14.4 Å². The van der Waals surface area contributed by atoms with Gasteiger partial charge in [-0.2, -0.15) is 0 Å². The first-order valence-electron chi connectivity index (χ1n) is 6.38. The Labute approximate surface area is 111 Å². The second kappa shape index (κ2) is 7.08. The Kier molecular flexibility index (Phi) is 5.75. The molecule has 0 radical (unpaired) electrons. The Morgan fingerprint density at radius 2 is 1.74 bits per heavy atom. The number of aliphatic carboxylic acids is 2. The van der Waals surface area contributed by atoms with Crippen molar-refractivity contribution in [3.05, 3.63) is 0 Å². The lowest BCUT2D eigenvalue weighted by Gasteiger charge is -2.32. The molecule has 19 heavy (non-hydrogen) atoms. The van der Waals surface area contributed by atoms with Gasteiger partial charge in [0, 0.05) is 19.5 Å². The molecule has 0 aromatic rings. The average Bonchev–Trinajstić information content (AvgIpc) is 2.36. The smallest absolute Gasteiger partial charge is 0.320 e. The van der Waals surface area contributed by atoms with Crippen LogP contribution >= 0.6 is 0 Å². The summed E-state index contributed by atoms with van der Waals surface area (Å²) >= 11 is 0. The summed E-state index contributed by atoms with van der Waals surface area (Å²) in [7, 11) is 0.